The van der Waals surface area contributed by atoms with Crippen molar-refractivity contribution in [1.82, 2.24) is 9.55 Å². The number of anilines is 1. The molecule has 0 saturated heterocycles. The molecule has 1 amide bonds. The van der Waals surface area contributed by atoms with E-state index < -0.39 is 0 Å². The first kappa shape index (κ1) is 19.3. The average molecular weight is 384 g/mol. The van der Waals surface area contributed by atoms with Crippen molar-refractivity contribution >= 4 is 33.1 Å². The fraction of sp³-hybridized carbons (Fsp3) is 0.381. The molecule has 0 atom stereocenters. The fourth-order valence-electron chi connectivity index (χ4n) is 3.01. The number of rotatable bonds is 3. The molecule has 0 radical (unpaired) electrons. The van der Waals surface area contributed by atoms with Gasteiger partial charge < -0.3 is 5.32 Å². The van der Waals surface area contributed by atoms with Crippen LogP contribution in [0.3, 0.4) is 0 Å². The molecule has 0 spiro atoms. The molecule has 0 unspecified atom stereocenters. The molecule has 3 aromatic rings. The number of amides is 1. The number of nitrogens with one attached hydrogen (secondary N) is 1. The third kappa shape index (κ3) is 3.81. The topological polar surface area (TPSA) is 64.0 Å². The number of thiophene rings is 1. The SMILES string of the molecule is Cc1sc2nc(C)n(CC(=O)Nc3ccc(C(C)(C)C)cc3)c(=O)c2c1C. The number of hydrogen-bond acceptors (Lipinski definition) is 4. The van der Waals surface area contributed by atoms with Crippen LogP contribution in [0.25, 0.3) is 10.2 Å². The maximum Gasteiger partial charge on any atom is 0.263 e. The van der Waals surface area contributed by atoms with E-state index in [1.807, 2.05) is 38.1 Å². The van der Waals surface area contributed by atoms with Crippen molar-refractivity contribution in [2.75, 3.05) is 5.32 Å². The van der Waals surface area contributed by atoms with E-state index in [2.05, 4.69) is 31.1 Å². The van der Waals surface area contributed by atoms with Crippen molar-refractivity contribution in [3.05, 3.63) is 56.4 Å². The van der Waals surface area contributed by atoms with E-state index in [1.165, 1.54) is 21.5 Å². The van der Waals surface area contributed by atoms with Crippen LogP contribution in [-0.4, -0.2) is 15.5 Å². The molecular weight excluding hydrogens is 358 g/mol. The van der Waals surface area contributed by atoms with Gasteiger partial charge in [0.05, 0.1) is 5.39 Å². The molecule has 0 bridgehead atoms. The van der Waals surface area contributed by atoms with E-state index in [0.717, 1.165) is 21.0 Å². The second-order valence-electron chi connectivity index (χ2n) is 7.89. The summed E-state index contributed by atoms with van der Waals surface area (Å²) in [5.74, 6) is 0.307. The minimum absolute atomic E-state index is 0.0526. The number of hydrogen-bond donors (Lipinski definition) is 1. The summed E-state index contributed by atoms with van der Waals surface area (Å²) in [6.45, 7) is 12.1. The third-order valence-corrected chi connectivity index (χ3v) is 5.92. The van der Waals surface area contributed by atoms with Crippen LogP contribution in [0.2, 0.25) is 0 Å². The Bertz CT molecular complexity index is 1070. The Morgan fingerprint density at radius 1 is 1.15 bits per heavy atom. The van der Waals surface area contributed by atoms with Gasteiger partial charge in [-0.25, -0.2) is 4.98 Å². The van der Waals surface area contributed by atoms with Gasteiger partial charge in [0.15, 0.2) is 0 Å². The zero-order valence-corrected chi connectivity index (χ0v) is 17.5. The van der Waals surface area contributed by atoms with Crippen LogP contribution in [-0.2, 0) is 16.8 Å². The standard InChI is InChI=1S/C21H25N3O2S/c1-12-13(2)27-19-18(12)20(26)24(14(3)22-19)11-17(25)23-16-9-7-15(8-10-16)21(4,5)6/h7-10H,11H2,1-6H3,(H,23,25). The smallest absolute Gasteiger partial charge is 0.263 e. The number of aryl methyl sites for hydroxylation is 3. The van der Waals surface area contributed by atoms with Crippen LogP contribution in [0.1, 0.15) is 42.6 Å². The van der Waals surface area contributed by atoms with Crippen LogP contribution < -0.4 is 10.9 Å². The highest BCUT2D eigenvalue weighted by molar-refractivity contribution is 7.18. The highest BCUT2D eigenvalue weighted by Crippen LogP contribution is 2.26. The summed E-state index contributed by atoms with van der Waals surface area (Å²) in [6, 6.07) is 7.81. The predicted octanol–water partition coefficient (Wildman–Crippen LogP) is 4.32. The number of aromatic nitrogens is 2. The zero-order chi connectivity index (χ0) is 19.9. The Hall–Kier alpha value is -2.47. The van der Waals surface area contributed by atoms with E-state index in [4.69, 9.17) is 0 Å². The van der Waals surface area contributed by atoms with Crippen molar-refractivity contribution in [3.63, 3.8) is 0 Å². The molecule has 2 aromatic heterocycles. The first-order valence-electron chi connectivity index (χ1n) is 8.95. The Kier molecular flexibility index (Phi) is 4.95. The molecule has 142 valence electrons. The first-order chi connectivity index (χ1) is 12.6. The lowest BCUT2D eigenvalue weighted by molar-refractivity contribution is -0.116. The van der Waals surface area contributed by atoms with Gasteiger partial charge in [-0.1, -0.05) is 32.9 Å². The van der Waals surface area contributed by atoms with Crippen LogP contribution >= 0.6 is 11.3 Å². The minimum atomic E-state index is -0.241. The Morgan fingerprint density at radius 3 is 2.37 bits per heavy atom. The molecule has 0 aliphatic carbocycles. The number of carbonyl (C=O) groups is 1. The average Bonchev–Trinajstić information content (AvgIpc) is 2.85. The summed E-state index contributed by atoms with van der Waals surface area (Å²) in [4.78, 5) is 31.7. The van der Waals surface area contributed by atoms with E-state index in [9.17, 15) is 9.59 Å². The minimum Gasteiger partial charge on any atom is -0.325 e. The number of benzene rings is 1. The van der Waals surface area contributed by atoms with Gasteiger partial charge in [-0.2, -0.15) is 0 Å². The Morgan fingerprint density at radius 2 is 1.78 bits per heavy atom. The van der Waals surface area contributed by atoms with Gasteiger partial charge in [0.2, 0.25) is 5.91 Å². The van der Waals surface area contributed by atoms with Crippen molar-refractivity contribution in [3.8, 4) is 0 Å². The highest BCUT2D eigenvalue weighted by Gasteiger charge is 2.17. The Balaban J connectivity index is 1.84. The van der Waals surface area contributed by atoms with Crippen molar-refractivity contribution in [2.45, 2.75) is 53.5 Å². The molecule has 0 fully saturated rings. The molecule has 3 rings (SSSR count). The predicted molar refractivity (Wildman–Crippen MR) is 112 cm³/mol. The van der Waals surface area contributed by atoms with Gasteiger partial charge in [0.1, 0.15) is 17.2 Å². The molecule has 27 heavy (non-hydrogen) atoms. The lowest BCUT2D eigenvalue weighted by atomic mass is 9.87. The van der Waals surface area contributed by atoms with Crippen LogP contribution in [0, 0.1) is 20.8 Å². The van der Waals surface area contributed by atoms with Gasteiger partial charge >= 0.3 is 0 Å². The zero-order valence-electron chi connectivity index (χ0n) is 16.6. The van der Waals surface area contributed by atoms with Gasteiger partial charge in [0.25, 0.3) is 5.56 Å². The lowest BCUT2D eigenvalue weighted by Gasteiger charge is -2.19. The fourth-order valence-corrected chi connectivity index (χ4v) is 4.08. The van der Waals surface area contributed by atoms with Crippen LogP contribution in [0.4, 0.5) is 5.69 Å². The summed E-state index contributed by atoms with van der Waals surface area (Å²) >= 11 is 1.52. The molecule has 5 nitrogen and oxygen atoms in total. The molecule has 1 aromatic carbocycles. The van der Waals surface area contributed by atoms with Gasteiger partial charge in [-0.15, -0.1) is 11.3 Å². The van der Waals surface area contributed by atoms with E-state index in [1.54, 1.807) is 6.92 Å². The normalized spacial score (nSPS) is 11.8. The van der Waals surface area contributed by atoms with Crippen molar-refractivity contribution < 1.29 is 4.79 Å². The van der Waals surface area contributed by atoms with Crippen molar-refractivity contribution in [1.29, 1.82) is 0 Å². The maximum absolute atomic E-state index is 12.9. The largest absolute Gasteiger partial charge is 0.325 e. The summed E-state index contributed by atoms with van der Waals surface area (Å²) in [5.41, 5.74) is 2.77. The Labute approximate surface area is 163 Å². The van der Waals surface area contributed by atoms with Crippen LogP contribution in [0.15, 0.2) is 29.1 Å². The molecule has 2 heterocycles. The molecule has 0 aliphatic rings. The van der Waals surface area contributed by atoms with Gasteiger partial charge in [-0.05, 0) is 49.4 Å². The summed E-state index contributed by atoms with van der Waals surface area (Å²) in [7, 11) is 0. The summed E-state index contributed by atoms with van der Waals surface area (Å²) in [5, 5.41) is 3.48. The maximum atomic E-state index is 12.9. The second kappa shape index (κ2) is 6.93. The number of nitrogens with zero attached hydrogens (tertiary/aromatic N) is 2. The molecular formula is C21H25N3O2S. The molecule has 6 heteroatoms. The monoisotopic (exact) mass is 383 g/mol. The number of fused-ring (bicyclic) bond motifs is 1. The summed E-state index contributed by atoms with van der Waals surface area (Å²) in [6.07, 6.45) is 0. The quantitative estimate of drug-likeness (QED) is 0.733. The van der Waals surface area contributed by atoms with E-state index in [-0.39, 0.29) is 23.4 Å². The molecule has 0 aliphatic heterocycles. The highest BCUT2D eigenvalue weighted by atomic mass is 32.1. The summed E-state index contributed by atoms with van der Waals surface area (Å²) < 4.78 is 1.44. The lowest BCUT2D eigenvalue weighted by Crippen LogP contribution is -2.30. The van der Waals surface area contributed by atoms with E-state index >= 15 is 0 Å². The molecule has 1 N–H and O–H groups in total. The third-order valence-electron chi connectivity index (χ3n) is 4.82. The van der Waals surface area contributed by atoms with Crippen molar-refractivity contribution in [2.24, 2.45) is 0 Å². The number of carbonyl (C=O) groups excluding carboxylic acids is 1. The van der Waals surface area contributed by atoms with Crippen LogP contribution in [0.5, 0.6) is 0 Å². The van der Waals surface area contributed by atoms with Gasteiger partial charge in [0, 0.05) is 10.6 Å². The second-order valence-corrected chi connectivity index (χ2v) is 9.09. The first-order valence-corrected chi connectivity index (χ1v) is 9.77. The van der Waals surface area contributed by atoms with E-state index in [0.29, 0.717) is 11.2 Å². The molecule has 0 saturated carbocycles. The van der Waals surface area contributed by atoms with Gasteiger partial charge in [-0.3, -0.25) is 14.2 Å².